The van der Waals surface area contributed by atoms with Crippen molar-refractivity contribution in [1.29, 1.82) is 0 Å². The summed E-state index contributed by atoms with van der Waals surface area (Å²) in [5, 5.41) is 8.90. The number of carboxylic acid groups (broad SMARTS) is 1. The summed E-state index contributed by atoms with van der Waals surface area (Å²) < 4.78 is 15.9. The third-order valence-electron chi connectivity index (χ3n) is 2.34. The first kappa shape index (κ1) is 15.3. The zero-order valence-corrected chi connectivity index (χ0v) is 11.3. The molecule has 0 amide bonds. The minimum atomic E-state index is -1.02. The van der Waals surface area contributed by atoms with Crippen LogP contribution in [-0.2, 0) is 9.53 Å². The summed E-state index contributed by atoms with van der Waals surface area (Å²) >= 11 is 0. The SMILES string of the molecule is CCCOc1ccc(OCC(OCC)C(=O)O)cc1. The topological polar surface area (TPSA) is 65.0 Å². The van der Waals surface area contributed by atoms with E-state index in [9.17, 15) is 4.79 Å². The smallest absolute Gasteiger partial charge is 0.336 e. The first-order valence-corrected chi connectivity index (χ1v) is 6.37. The highest BCUT2D eigenvalue weighted by Crippen LogP contribution is 2.18. The highest BCUT2D eigenvalue weighted by atomic mass is 16.5. The third kappa shape index (κ3) is 5.61. The Labute approximate surface area is 113 Å². The number of benzene rings is 1. The molecular weight excluding hydrogens is 248 g/mol. The first-order chi connectivity index (χ1) is 9.17. The Morgan fingerprint density at radius 2 is 1.74 bits per heavy atom. The molecule has 0 spiro atoms. The van der Waals surface area contributed by atoms with E-state index in [1.807, 2.05) is 6.92 Å². The zero-order chi connectivity index (χ0) is 14.1. The molecule has 0 saturated carbocycles. The molecule has 0 aliphatic rings. The van der Waals surface area contributed by atoms with Crippen LogP contribution in [0.2, 0.25) is 0 Å². The highest BCUT2D eigenvalue weighted by molar-refractivity contribution is 5.72. The molecule has 0 aromatic heterocycles. The lowest BCUT2D eigenvalue weighted by molar-refractivity contribution is -0.152. The maximum atomic E-state index is 10.9. The van der Waals surface area contributed by atoms with E-state index < -0.39 is 12.1 Å². The van der Waals surface area contributed by atoms with Crippen LogP contribution in [0.3, 0.4) is 0 Å². The van der Waals surface area contributed by atoms with Crippen molar-refractivity contribution < 1.29 is 24.1 Å². The molecule has 1 rings (SSSR count). The van der Waals surface area contributed by atoms with Crippen molar-refractivity contribution in [3.05, 3.63) is 24.3 Å². The second-order valence-electron chi connectivity index (χ2n) is 3.91. The van der Waals surface area contributed by atoms with Crippen molar-refractivity contribution in [2.45, 2.75) is 26.4 Å². The van der Waals surface area contributed by atoms with Crippen molar-refractivity contribution in [1.82, 2.24) is 0 Å². The molecule has 0 aliphatic heterocycles. The summed E-state index contributed by atoms with van der Waals surface area (Å²) in [6, 6.07) is 7.08. The number of carbonyl (C=O) groups is 1. The third-order valence-corrected chi connectivity index (χ3v) is 2.34. The molecule has 0 aliphatic carbocycles. The number of carboxylic acids is 1. The van der Waals surface area contributed by atoms with E-state index in [0.29, 0.717) is 19.0 Å². The van der Waals surface area contributed by atoms with Crippen molar-refractivity contribution in [2.24, 2.45) is 0 Å². The van der Waals surface area contributed by atoms with E-state index in [0.717, 1.165) is 12.2 Å². The quantitative estimate of drug-likeness (QED) is 0.744. The van der Waals surface area contributed by atoms with Crippen LogP contribution in [0.25, 0.3) is 0 Å². The monoisotopic (exact) mass is 268 g/mol. The molecule has 0 heterocycles. The predicted molar refractivity (Wildman–Crippen MR) is 70.8 cm³/mol. The van der Waals surface area contributed by atoms with Crippen LogP contribution < -0.4 is 9.47 Å². The predicted octanol–water partition coefficient (Wildman–Crippen LogP) is 2.34. The molecule has 19 heavy (non-hydrogen) atoms. The van der Waals surface area contributed by atoms with Gasteiger partial charge < -0.3 is 19.3 Å². The fraction of sp³-hybridized carbons (Fsp3) is 0.500. The zero-order valence-electron chi connectivity index (χ0n) is 11.3. The van der Waals surface area contributed by atoms with Crippen LogP contribution in [-0.4, -0.2) is 37.0 Å². The van der Waals surface area contributed by atoms with Gasteiger partial charge in [0.25, 0.3) is 0 Å². The standard InChI is InChI=1S/C14H20O5/c1-3-9-18-11-5-7-12(8-6-11)19-10-13(14(15)16)17-4-2/h5-8,13H,3-4,9-10H2,1-2H3,(H,15,16). The van der Waals surface area contributed by atoms with Gasteiger partial charge in [-0.25, -0.2) is 4.79 Å². The van der Waals surface area contributed by atoms with Gasteiger partial charge in [-0.15, -0.1) is 0 Å². The summed E-state index contributed by atoms with van der Waals surface area (Å²) in [5.41, 5.74) is 0. The molecule has 1 atom stereocenters. The Morgan fingerprint density at radius 3 is 2.21 bits per heavy atom. The molecule has 0 fully saturated rings. The minimum absolute atomic E-state index is 0.0155. The summed E-state index contributed by atoms with van der Waals surface area (Å²) in [6.45, 7) is 4.78. The molecule has 0 bridgehead atoms. The lowest BCUT2D eigenvalue weighted by Gasteiger charge is -2.13. The normalized spacial score (nSPS) is 11.9. The van der Waals surface area contributed by atoms with Crippen LogP contribution in [0, 0.1) is 0 Å². The second kappa shape index (κ2) is 8.37. The van der Waals surface area contributed by atoms with Gasteiger partial charge in [0, 0.05) is 6.61 Å². The average molecular weight is 268 g/mol. The molecule has 0 radical (unpaired) electrons. The van der Waals surface area contributed by atoms with Gasteiger partial charge in [-0.2, -0.15) is 0 Å². The summed E-state index contributed by atoms with van der Waals surface area (Å²) in [4.78, 5) is 10.9. The lowest BCUT2D eigenvalue weighted by Crippen LogP contribution is -2.30. The van der Waals surface area contributed by atoms with Crippen LogP contribution in [0.4, 0.5) is 0 Å². The summed E-state index contributed by atoms with van der Waals surface area (Å²) in [7, 11) is 0. The first-order valence-electron chi connectivity index (χ1n) is 6.37. The van der Waals surface area contributed by atoms with E-state index in [1.165, 1.54) is 0 Å². The van der Waals surface area contributed by atoms with Crippen LogP contribution >= 0.6 is 0 Å². The molecular formula is C14H20O5. The van der Waals surface area contributed by atoms with Gasteiger partial charge in [0.1, 0.15) is 18.1 Å². The average Bonchev–Trinajstić information content (AvgIpc) is 2.42. The number of ether oxygens (including phenoxy) is 3. The van der Waals surface area contributed by atoms with Crippen LogP contribution in [0.1, 0.15) is 20.3 Å². The number of rotatable bonds is 9. The van der Waals surface area contributed by atoms with E-state index in [-0.39, 0.29) is 6.61 Å². The largest absolute Gasteiger partial charge is 0.494 e. The maximum absolute atomic E-state index is 10.9. The Balaban J connectivity index is 2.46. The Hall–Kier alpha value is -1.75. The fourth-order valence-corrected chi connectivity index (χ4v) is 1.42. The van der Waals surface area contributed by atoms with E-state index in [2.05, 4.69) is 0 Å². The Kier molecular flexibility index (Phi) is 6.74. The molecule has 1 unspecified atom stereocenters. The van der Waals surface area contributed by atoms with Gasteiger partial charge in [0.2, 0.25) is 0 Å². The molecule has 1 aromatic rings. The van der Waals surface area contributed by atoms with E-state index in [4.69, 9.17) is 19.3 Å². The maximum Gasteiger partial charge on any atom is 0.336 e. The van der Waals surface area contributed by atoms with Gasteiger partial charge in [-0.3, -0.25) is 0 Å². The number of hydrogen-bond donors (Lipinski definition) is 1. The van der Waals surface area contributed by atoms with E-state index >= 15 is 0 Å². The molecule has 5 nitrogen and oxygen atoms in total. The number of aliphatic carboxylic acids is 1. The summed E-state index contributed by atoms with van der Waals surface area (Å²) in [5.74, 6) is 0.341. The summed E-state index contributed by atoms with van der Waals surface area (Å²) in [6.07, 6.45) is 0.00779. The number of hydrogen-bond acceptors (Lipinski definition) is 4. The molecule has 0 saturated heterocycles. The van der Waals surface area contributed by atoms with Crippen molar-refractivity contribution >= 4 is 5.97 Å². The second-order valence-corrected chi connectivity index (χ2v) is 3.91. The van der Waals surface area contributed by atoms with Gasteiger partial charge in [-0.05, 0) is 37.6 Å². The van der Waals surface area contributed by atoms with E-state index in [1.54, 1.807) is 31.2 Å². The van der Waals surface area contributed by atoms with Gasteiger partial charge in [-0.1, -0.05) is 6.92 Å². The van der Waals surface area contributed by atoms with Gasteiger partial charge >= 0.3 is 5.97 Å². The molecule has 5 heteroatoms. The van der Waals surface area contributed by atoms with Crippen molar-refractivity contribution in [3.63, 3.8) is 0 Å². The van der Waals surface area contributed by atoms with Gasteiger partial charge in [0.05, 0.1) is 6.61 Å². The van der Waals surface area contributed by atoms with Crippen LogP contribution in [0.5, 0.6) is 11.5 Å². The Morgan fingerprint density at radius 1 is 1.16 bits per heavy atom. The van der Waals surface area contributed by atoms with Crippen LogP contribution in [0.15, 0.2) is 24.3 Å². The lowest BCUT2D eigenvalue weighted by atomic mass is 10.3. The molecule has 1 aromatic carbocycles. The highest BCUT2D eigenvalue weighted by Gasteiger charge is 2.18. The fourth-order valence-electron chi connectivity index (χ4n) is 1.42. The van der Waals surface area contributed by atoms with Crippen molar-refractivity contribution in [3.8, 4) is 11.5 Å². The molecule has 106 valence electrons. The van der Waals surface area contributed by atoms with Crippen molar-refractivity contribution in [2.75, 3.05) is 19.8 Å². The molecule has 1 N–H and O–H groups in total. The minimum Gasteiger partial charge on any atom is -0.494 e. The van der Waals surface area contributed by atoms with Gasteiger partial charge in [0.15, 0.2) is 6.10 Å². The Bertz CT molecular complexity index is 374.